The predicted molar refractivity (Wildman–Crippen MR) is 104 cm³/mol. The van der Waals surface area contributed by atoms with Crippen LogP contribution in [0.5, 0.6) is 0 Å². The number of allylic oxidation sites excluding steroid dienone is 1. The molecule has 1 aliphatic rings. The Balaban J connectivity index is 0. The van der Waals surface area contributed by atoms with Gasteiger partial charge < -0.3 is 15.0 Å². The zero-order valence-electron chi connectivity index (χ0n) is 16.5. The molecule has 0 heterocycles. The molecule has 1 saturated carbocycles. The molecular weight excluding hydrogens is 284 g/mol. The first kappa shape index (κ1) is 24.4. The first-order chi connectivity index (χ1) is 11.1. The van der Waals surface area contributed by atoms with E-state index in [9.17, 15) is 4.79 Å². The molecule has 0 unspecified atom stereocenters. The van der Waals surface area contributed by atoms with Crippen molar-refractivity contribution < 1.29 is 4.79 Å². The van der Waals surface area contributed by atoms with Crippen LogP contribution in [0.4, 0.5) is 0 Å². The van der Waals surface area contributed by atoms with E-state index < -0.39 is 0 Å². The molecule has 0 saturated heterocycles. The first-order valence-corrected chi connectivity index (χ1v) is 9.71. The van der Waals surface area contributed by atoms with Gasteiger partial charge in [-0.3, -0.25) is 0 Å². The van der Waals surface area contributed by atoms with Gasteiger partial charge in [-0.1, -0.05) is 53.5 Å². The van der Waals surface area contributed by atoms with Gasteiger partial charge in [0.2, 0.25) is 0 Å². The average Bonchev–Trinajstić information content (AvgIpc) is 2.58. The van der Waals surface area contributed by atoms with Crippen molar-refractivity contribution in [2.45, 2.75) is 79.6 Å². The summed E-state index contributed by atoms with van der Waals surface area (Å²) in [4.78, 5) is 12.7. The van der Waals surface area contributed by atoms with Gasteiger partial charge >= 0.3 is 0 Å². The Morgan fingerprint density at radius 2 is 1.61 bits per heavy atom. The maximum absolute atomic E-state index is 10.2. The molecule has 0 aromatic heterocycles. The molecule has 138 valence electrons. The molecule has 1 N–H and O–H groups in total. The Morgan fingerprint density at radius 3 is 1.96 bits per heavy atom. The molecule has 3 heteroatoms. The quantitative estimate of drug-likeness (QED) is 0.604. The third kappa shape index (κ3) is 17.4. The van der Waals surface area contributed by atoms with Crippen LogP contribution in [0.2, 0.25) is 0 Å². The number of aldehydes is 1. The standard InChI is InChI=1S/C11H24N2.C7H12O.C2H6/c1-5-8-13(9-6-2)10-7-12-11(3)4;8-6-7-4-2-1-3-5-7;1-2/h12H,3,5-10H2,1-2,4H3;6-7H,1-5H2;1-2H3. The van der Waals surface area contributed by atoms with E-state index in [1.165, 1.54) is 45.2 Å². The summed E-state index contributed by atoms with van der Waals surface area (Å²) in [6, 6.07) is 0. The lowest BCUT2D eigenvalue weighted by molar-refractivity contribution is -0.111. The fraction of sp³-hybridized carbons (Fsp3) is 0.850. The summed E-state index contributed by atoms with van der Waals surface area (Å²) >= 11 is 0. The van der Waals surface area contributed by atoms with Crippen molar-refractivity contribution in [2.24, 2.45) is 5.92 Å². The molecule has 1 aliphatic carbocycles. The van der Waals surface area contributed by atoms with E-state index in [2.05, 4.69) is 30.6 Å². The van der Waals surface area contributed by atoms with Crippen molar-refractivity contribution in [2.75, 3.05) is 26.2 Å². The van der Waals surface area contributed by atoms with Crippen molar-refractivity contribution in [3.8, 4) is 0 Å². The molecule has 0 atom stereocenters. The molecule has 1 fully saturated rings. The summed E-state index contributed by atoms with van der Waals surface area (Å²) in [5.74, 6) is 0.406. The van der Waals surface area contributed by atoms with Crippen molar-refractivity contribution in [1.29, 1.82) is 0 Å². The van der Waals surface area contributed by atoms with E-state index in [0.717, 1.165) is 37.9 Å². The normalized spacial score (nSPS) is 14.2. The summed E-state index contributed by atoms with van der Waals surface area (Å²) in [6.45, 7) is 18.9. The Labute approximate surface area is 145 Å². The fourth-order valence-electron chi connectivity index (χ4n) is 2.67. The highest BCUT2D eigenvalue weighted by atomic mass is 16.1. The van der Waals surface area contributed by atoms with Gasteiger partial charge in [-0.15, -0.1) is 0 Å². The highest BCUT2D eigenvalue weighted by Gasteiger charge is 2.10. The zero-order chi connectivity index (χ0) is 17.9. The van der Waals surface area contributed by atoms with Crippen molar-refractivity contribution in [3.05, 3.63) is 12.3 Å². The van der Waals surface area contributed by atoms with Gasteiger partial charge in [0, 0.05) is 24.7 Å². The zero-order valence-corrected chi connectivity index (χ0v) is 16.5. The van der Waals surface area contributed by atoms with Crippen LogP contribution in [0.1, 0.15) is 79.6 Å². The van der Waals surface area contributed by atoms with Crippen LogP contribution in [0, 0.1) is 5.92 Å². The molecular formula is C20H42N2O. The Morgan fingerprint density at radius 1 is 1.09 bits per heavy atom. The Hall–Kier alpha value is -0.830. The second kappa shape index (κ2) is 19.2. The monoisotopic (exact) mass is 326 g/mol. The van der Waals surface area contributed by atoms with Crippen molar-refractivity contribution in [3.63, 3.8) is 0 Å². The minimum atomic E-state index is 0.406. The fourth-order valence-corrected chi connectivity index (χ4v) is 2.67. The van der Waals surface area contributed by atoms with E-state index in [1.54, 1.807) is 0 Å². The molecule has 3 nitrogen and oxygen atoms in total. The lowest BCUT2D eigenvalue weighted by atomic mass is 9.91. The number of hydrogen-bond donors (Lipinski definition) is 1. The van der Waals surface area contributed by atoms with Gasteiger partial charge in [0.15, 0.2) is 0 Å². The van der Waals surface area contributed by atoms with Crippen LogP contribution in [-0.2, 0) is 4.79 Å². The molecule has 0 amide bonds. The molecule has 0 spiro atoms. The largest absolute Gasteiger partial charge is 0.388 e. The van der Waals surface area contributed by atoms with Gasteiger partial charge in [0.05, 0.1) is 0 Å². The van der Waals surface area contributed by atoms with Crippen LogP contribution in [-0.4, -0.2) is 37.4 Å². The third-order valence-corrected chi connectivity index (χ3v) is 3.78. The number of rotatable bonds is 9. The Kier molecular flexibility index (Phi) is 20.4. The molecule has 0 bridgehead atoms. The lowest BCUT2D eigenvalue weighted by Gasteiger charge is -2.21. The van der Waals surface area contributed by atoms with Crippen LogP contribution < -0.4 is 5.32 Å². The molecule has 23 heavy (non-hydrogen) atoms. The predicted octanol–water partition coefficient (Wildman–Crippen LogP) is 5.02. The minimum absolute atomic E-state index is 0.406. The number of hydrogen-bond acceptors (Lipinski definition) is 3. The topological polar surface area (TPSA) is 32.3 Å². The first-order valence-electron chi connectivity index (χ1n) is 9.71. The van der Waals surface area contributed by atoms with Gasteiger partial charge in [-0.25, -0.2) is 0 Å². The van der Waals surface area contributed by atoms with Gasteiger partial charge in [0.25, 0.3) is 0 Å². The molecule has 0 aromatic carbocycles. The number of carbonyl (C=O) groups excluding carboxylic acids is 1. The van der Waals surface area contributed by atoms with E-state index in [4.69, 9.17) is 0 Å². The Bertz CT molecular complexity index is 254. The van der Waals surface area contributed by atoms with E-state index >= 15 is 0 Å². The molecule has 0 radical (unpaired) electrons. The summed E-state index contributed by atoms with van der Waals surface area (Å²) < 4.78 is 0. The van der Waals surface area contributed by atoms with E-state index in [-0.39, 0.29) is 0 Å². The number of carbonyl (C=O) groups is 1. The number of nitrogens with zero attached hydrogens (tertiary/aromatic N) is 1. The van der Waals surface area contributed by atoms with Crippen LogP contribution in [0.15, 0.2) is 12.3 Å². The van der Waals surface area contributed by atoms with Crippen molar-refractivity contribution in [1.82, 2.24) is 10.2 Å². The second-order valence-electron chi connectivity index (χ2n) is 6.08. The lowest BCUT2D eigenvalue weighted by Crippen LogP contribution is -2.32. The van der Waals surface area contributed by atoms with Crippen LogP contribution in [0.3, 0.4) is 0 Å². The molecule has 1 rings (SSSR count). The molecule has 0 aliphatic heterocycles. The van der Waals surface area contributed by atoms with Gasteiger partial charge in [-0.2, -0.15) is 0 Å². The number of nitrogens with one attached hydrogen (secondary N) is 1. The maximum atomic E-state index is 10.2. The molecule has 0 aromatic rings. The summed E-state index contributed by atoms with van der Waals surface area (Å²) in [5, 5.41) is 3.26. The van der Waals surface area contributed by atoms with Gasteiger partial charge in [0.1, 0.15) is 6.29 Å². The third-order valence-electron chi connectivity index (χ3n) is 3.78. The summed E-state index contributed by atoms with van der Waals surface area (Å²) in [6.07, 6.45) is 9.75. The maximum Gasteiger partial charge on any atom is 0.123 e. The van der Waals surface area contributed by atoms with E-state index in [0.29, 0.717) is 5.92 Å². The van der Waals surface area contributed by atoms with E-state index in [1.807, 2.05) is 20.8 Å². The SMILES string of the molecule is C=C(C)NCCN(CCC)CCC.CC.O=CC1CCCCC1. The smallest absolute Gasteiger partial charge is 0.123 e. The van der Waals surface area contributed by atoms with Crippen LogP contribution in [0.25, 0.3) is 0 Å². The summed E-state index contributed by atoms with van der Waals surface area (Å²) in [7, 11) is 0. The second-order valence-corrected chi connectivity index (χ2v) is 6.08. The average molecular weight is 327 g/mol. The minimum Gasteiger partial charge on any atom is -0.388 e. The summed E-state index contributed by atoms with van der Waals surface area (Å²) in [5.41, 5.74) is 1.06. The highest BCUT2D eigenvalue weighted by Crippen LogP contribution is 2.21. The van der Waals surface area contributed by atoms with Crippen molar-refractivity contribution >= 4 is 6.29 Å². The van der Waals surface area contributed by atoms with Crippen LogP contribution >= 0.6 is 0 Å². The van der Waals surface area contributed by atoms with Gasteiger partial charge in [-0.05, 0) is 45.7 Å². The highest BCUT2D eigenvalue weighted by molar-refractivity contribution is 5.53.